The summed E-state index contributed by atoms with van der Waals surface area (Å²) >= 11 is 0. The van der Waals surface area contributed by atoms with E-state index in [4.69, 9.17) is 14.6 Å². The average molecular weight is 601 g/mol. The minimum Gasteiger partial charge on any atom is -0.456 e. The molecule has 0 unspecified atom stereocenters. The highest BCUT2D eigenvalue weighted by Crippen LogP contribution is 2.39. The molecule has 0 fully saturated rings. The van der Waals surface area contributed by atoms with Crippen LogP contribution in [0.3, 0.4) is 0 Å². The van der Waals surface area contributed by atoms with Crippen molar-refractivity contribution in [2.24, 2.45) is 0 Å². The molecule has 226 valence electrons. The molecule has 3 aromatic rings. The lowest BCUT2D eigenvalue weighted by Gasteiger charge is -2.21. The van der Waals surface area contributed by atoms with Gasteiger partial charge in [-0.25, -0.2) is 9.78 Å². The van der Waals surface area contributed by atoms with Crippen LogP contribution in [0.15, 0.2) is 52.9 Å². The van der Waals surface area contributed by atoms with Crippen molar-refractivity contribution in [3.05, 3.63) is 60.0 Å². The van der Waals surface area contributed by atoms with Gasteiger partial charge in [0.1, 0.15) is 17.1 Å². The predicted octanol–water partition coefficient (Wildman–Crippen LogP) is 7.06. The fraction of sp³-hybridized carbons (Fsp3) is 0.333. The summed E-state index contributed by atoms with van der Waals surface area (Å²) in [5.41, 5.74) is -2.16. The first-order valence-electron chi connectivity index (χ1n) is 12.2. The number of anilines is 2. The number of benzene rings is 2. The second-order valence-corrected chi connectivity index (χ2v) is 10.00. The number of hydrogen-bond donors (Lipinski definition) is 3. The third-order valence-electron chi connectivity index (χ3n) is 5.15. The molecule has 1 heterocycles. The second-order valence-electron chi connectivity index (χ2n) is 10.00. The van der Waals surface area contributed by atoms with E-state index in [1.54, 1.807) is 27.7 Å². The van der Waals surface area contributed by atoms with Crippen molar-refractivity contribution in [3.8, 4) is 17.2 Å². The molecular weight excluding hydrogens is 574 g/mol. The van der Waals surface area contributed by atoms with E-state index < -0.39 is 58.7 Å². The first kappa shape index (κ1) is 32.0. The SMILES string of the molecule is C[C@@H](CC(=N)C(=O)OC(C)(C)C)Nc1ccc(NC(=O)c2nc(-c3ccccc3OC(F)(F)F)oc2C(F)(F)F)cc1. The molecule has 1 aromatic heterocycles. The summed E-state index contributed by atoms with van der Waals surface area (Å²) in [6, 6.07) is 9.59. The molecule has 2 aromatic carbocycles. The van der Waals surface area contributed by atoms with Crippen LogP contribution in [-0.2, 0) is 15.7 Å². The number of carbonyl (C=O) groups is 2. The number of hydrogen-bond acceptors (Lipinski definition) is 8. The zero-order valence-electron chi connectivity index (χ0n) is 22.7. The van der Waals surface area contributed by atoms with Crippen LogP contribution in [-0.4, -0.2) is 40.6 Å². The van der Waals surface area contributed by atoms with Crippen LogP contribution in [0.25, 0.3) is 11.5 Å². The number of oxazole rings is 1. The number of amides is 1. The second kappa shape index (κ2) is 12.1. The third kappa shape index (κ3) is 8.97. The summed E-state index contributed by atoms with van der Waals surface area (Å²) in [4.78, 5) is 28.3. The maximum Gasteiger partial charge on any atom is 0.573 e. The van der Waals surface area contributed by atoms with E-state index in [-0.39, 0.29) is 23.9 Å². The Hall–Kier alpha value is -4.56. The van der Waals surface area contributed by atoms with E-state index in [1.165, 1.54) is 30.3 Å². The third-order valence-corrected chi connectivity index (χ3v) is 5.15. The van der Waals surface area contributed by atoms with Gasteiger partial charge >= 0.3 is 18.5 Å². The van der Waals surface area contributed by atoms with Gasteiger partial charge in [-0.2, -0.15) is 13.2 Å². The highest BCUT2D eigenvalue weighted by Gasteiger charge is 2.42. The smallest absolute Gasteiger partial charge is 0.456 e. The summed E-state index contributed by atoms with van der Waals surface area (Å²) in [6.07, 6.45) is -10.3. The molecular formula is C27H26F6N4O5. The predicted molar refractivity (Wildman–Crippen MR) is 139 cm³/mol. The van der Waals surface area contributed by atoms with E-state index in [0.29, 0.717) is 5.69 Å². The fourth-order valence-corrected chi connectivity index (χ4v) is 3.54. The number of esters is 1. The standard InChI is InChI=1S/C27H26F6N4O5/c1-14(13-18(34)24(39)42-25(2,3)4)35-15-9-11-16(12-10-15)36-22(38)20-21(26(28,29)30)40-23(37-20)17-7-5-6-8-19(17)41-27(31,32)33/h5-12,14,34-35H,13H2,1-4H3,(H,36,38)/t14-/m0/s1. The van der Waals surface area contributed by atoms with E-state index in [1.807, 2.05) is 0 Å². The van der Waals surface area contributed by atoms with E-state index >= 15 is 0 Å². The fourth-order valence-electron chi connectivity index (χ4n) is 3.54. The van der Waals surface area contributed by atoms with Crippen molar-refractivity contribution in [1.82, 2.24) is 4.98 Å². The number of ether oxygens (including phenoxy) is 2. The first-order valence-corrected chi connectivity index (χ1v) is 12.2. The molecule has 15 heteroatoms. The van der Waals surface area contributed by atoms with Gasteiger partial charge in [0.25, 0.3) is 5.91 Å². The van der Waals surface area contributed by atoms with E-state index in [9.17, 15) is 35.9 Å². The number of halogens is 6. The van der Waals surface area contributed by atoms with Gasteiger partial charge in [-0.1, -0.05) is 12.1 Å². The van der Waals surface area contributed by atoms with Crippen LogP contribution in [0.4, 0.5) is 37.7 Å². The Morgan fingerprint density at radius 1 is 0.976 bits per heavy atom. The Morgan fingerprint density at radius 2 is 1.57 bits per heavy atom. The lowest BCUT2D eigenvalue weighted by molar-refractivity contribution is -0.274. The molecule has 0 saturated carbocycles. The molecule has 0 aliphatic rings. The zero-order valence-corrected chi connectivity index (χ0v) is 22.7. The van der Waals surface area contributed by atoms with Gasteiger partial charge in [-0.05, 0) is 64.1 Å². The molecule has 0 radical (unpaired) electrons. The van der Waals surface area contributed by atoms with Crippen molar-refractivity contribution >= 4 is 29.0 Å². The quantitative estimate of drug-likeness (QED) is 0.136. The van der Waals surface area contributed by atoms with Crippen LogP contribution in [0.5, 0.6) is 5.75 Å². The lowest BCUT2D eigenvalue weighted by Crippen LogP contribution is -2.31. The van der Waals surface area contributed by atoms with Gasteiger partial charge < -0.3 is 24.5 Å². The van der Waals surface area contributed by atoms with Crippen molar-refractivity contribution < 1.29 is 49.8 Å². The Kier molecular flexibility index (Phi) is 9.23. The van der Waals surface area contributed by atoms with Crippen molar-refractivity contribution in [3.63, 3.8) is 0 Å². The molecule has 0 bridgehead atoms. The molecule has 42 heavy (non-hydrogen) atoms. The largest absolute Gasteiger partial charge is 0.573 e. The molecule has 0 saturated heterocycles. The van der Waals surface area contributed by atoms with Gasteiger partial charge in [0.15, 0.2) is 5.69 Å². The van der Waals surface area contributed by atoms with Gasteiger partial charge in [-0.3, -0.25) is 10.2 Å². The summed E-state index contributed by atoms with van der Waals surface area (Å²) in [7, 11) is 0. The normalized spacial score (nSPS) is 12.8. The monoisotopic (exact) mass is 600 g/mol. The van der Waals surface area contributed by atoms with Crippen molar-refractivity contribution in [2.45, 2.75) is 58.3 Å². The molecule has 3 rings (SSSR count). The summed E-state index contributed by atoms with van der Waals surface area (Å²) in [5, 5.41) is 13.2. The Balaban J connectivity index is 1.74. The summed E-state index contributed by atoms with van der Waals surface area (Å²) in [5.74, 6) is -5.66. The number of nitrogens with zero attached hydrogens (tertiary/aromatic N) is 1. The molecule has 0 spiro atoms. The minimum absolute atomic E-state index is 0.0409. The Morgan fingerprint density at radius 3 is 2.14 bits per heavy atom. The summed E-state index contributed by atoms with van der Waals surface area (Å²) in [6.45, 7) is 6.75. The first-order chi connectivity index (χ1) is 19.3. The van der Waals surface area contributed by atoms with E-state index in [2.05, 4.69) is 20.4 Å². The van der Waals surface area contributed by atoms with E-state index in [0.717, 1.165) is 18.2 Å². The van der Waals surface area contributed by atoms with Crippen molar-refractivity contribution in [1.29, 1.82) is 5.41 Å². The maximum absolute atomic E-state index is 13.7. The minimum atomic E-state index is -5.20. The van der Waals surface area contributed by atoms with Gasteiger partial charge in [0, 0.05) is 23.8 Å². The summed E-state index contributed by atoms with van der Waals surface area (Å²) < 4.78 is 93.0. The number of para-hydroxylation sites is 1. The highest BCUT2D eigenvalue weighted by atomic mass is 19.4. The number of aromatic nitrogens is 1. The Labute approximate surface area is 235 Å². The van der Waals surface area contributed by atoms with Crippen LogP contribution < -0.4 is 15.4 Å². The molecule has 1 atom stereocenters. The number of rotatable bonds is 9. The van der Waals surface area contributed by atoms with Crippen molar-refractivity contribution in [2.75, 3.05) is 10.6 Å². The van der Waals surface area contributed by atoms with Gasteiger partial charge in [0.2, 0.25) is 11.7 Å². The molecule has 0 aliphatic carbocycles. The Bertz CT molecular complexity index is 1440. The topological polar surface area (TPSA) is 127 Å². The molecule has 0 aliphatic heterocycles. The average Bonchev–Trinajstić information content (AvgIpc) is 3.30. The van der Waals surface area contributed by atoms with Crippen LogP contribution in [0.2, 0.25) is 0 Å². The van der Waals surface area contributed by atoms with Crippen LogP contribution >= 0.6 is 0 Å². The van der Waals surface area contributed by atoms with Gasteiger partial charge in [0.05, 0.1) is 5.56 Å². The molecule has 1 amide bonds. The lowest BCUT2D eigenvalue weighted by atomic mass is 10.1. The zero-order chi connectivity index (χ0) is 31.5. The number of alkyl halides is 6. The molecule has 3 N–H and O–H groups in total. The number of carbonyl (C=O) groups excluding carboxylic acids is 2. The van der Waals surface area contributed by atoms with Crippen LogP contribution in [0, 0.1) is 5.41 Å². The number of nitrogens with one attached hydrogen (secondary N) is 3. The van der Waals surface area contributed by atoms with Crippen LogP contribution in [0.1, 0.15) is 50.4 Å². The van der Waals surface area contributed by atoms with Gasteiger partial charge in [-0.15, -0.1) is 13.2 Å². The maximum atomic E-state index is 13.7. The highest BCUT2D eigenvalue weighted by molar-refractivity contribution is 6.35. The molecule has 9 nitrogen and oxygen atoms in total.